The summed E-state index contributed by atoms with van der Waals surface area (Å²) in [4.78, 5) is 16.0. The Morgan fingerprint density at radius 3 is 2.78 bits per heavy atom. The number of aryl methyl sites for hydroxylation is 1. The summed E-state index contributed by atoms with van der Waals surface area (Å²) in [7, 11) is 1.82. The molecule has 0 radical (unpaired) electrons. The highest BCUT2D eigenvalue weighted by atomic mass is 32.1. The second kappa shape index (κ2) is 4.89. The number of rotatable bonds is 4. The van der Waals surface area contributed by atoms with Crippen molar-refractivity contribution in [1.82, 2.24) is 14.8 Å². The van der Waals surface area contributed by atoms with Crippen LogP contribution in [0.15, 0.2) is 12.3 Å². The first-order valence-corrected chi connectivity index (χ1v) is 6.52. The molecule has 0 amide bonds. The zero-order valence-corrected chi connectivity index (χ0v) is 11.4. The van der Waals surface area contributed by atoms with E-state index in [1.807, 2.05) is 13.1 Å². The molecular formula is C12H15N3O2S. The minimum Gasteiger partial charge on any atom is -0.477 e. The monoisotopic (exact) mass is 265 g/mol. The van der Waals surface area contributed by atoms with E-state index >= 15 is 0 Å². The smallest absolute Gasteiger partial charge is 0.347 e. The van der Waals surface area contributed by atoms with Crippen LogP contribution in [0.4, 0.5) is 0 Å². The van der Waals surface area contributed by atoms with Crippen LogP contribution in [0.2, 0.25) is 0 Å². The molecule has 1 N–H and O–H groups in total. The van der Waals surface area contributed by atoms with Gasteiger partial charge in [0.05, 0.1) is 11.4 Å². The van der Waals surface area contributed by atoms with Crippen molar-refractivity contribution in [2.45, 2.75) is 20.3 Å². The lowest BCUT2D eigenvalue weighted by atomic mass is 10.1. The summed E-state index contributed by atoms with van der Waals surface area (Å²) in [6, 6.07) is 1.84. The maximum absolute atomic E-state index is 11.2. The standard InChI is InChI=1S/C12H15N3O2S/c1-7(2)6-8-10(12(16)17)18-11(14-8)9-4-5-13-15(9)3/h4-5,7H,6H2,1-3H3,(H,16,17). The Bertz CT molecular complexity index is 572. The second-order valence-electron chi connectivity index (χ2n) is 4.54. The summed E-state index contributed by atoms with van der Waals surface area (Å²) >= 11 is 1.21. The van der Waals surface area contributed by atoms with Crippen LogP contribution in [0, 0.1) is 5.92 Å². The first-order valence-electron chi connectivity index (χ1n) is 5.70. The van der Waals surface area contributed by atoms with Gasteiger partial charge in [-0.3, -0.25) is 4.68 Å². The summed E-state index contributed by atoms with van der Waals surface area (Å²) in [6.45, 7) is 4.10. The summed E-state index contributed by atoms with van der Waals surface area (Å²) in [6.07, 6.45) is 2.36. The van der Waals surface area contributed by atoms with E-state index in [9.17, 15) is 9.90 Å². The molecule has 0 saturated heterocycles. The first-order chi connectivity index (χ1) is 8.49. The van der Waals surface area contributed by atoms with Crippen molar-refractivity contribution in [3.05, 3.63) is 22.8 Å². The number of nitrogens with zero attached hydrogens (tertiary/aromatic N) is 3. The van der Waals surface area contributed by atoms with Crippen LogP contribution in [0.3, 0.4) is 0 Å². The van der Waals surface area contributed by atoms with E-state index < -0.39 is 5.97 Å². The van der Waals surface area contributed by atoms with Gasteiger partial charge in [-0.05, 0) is 18.4 Å². The number of thiazole rings is 1. The number of carboxylic acids is 1. The van der Waals surface area contributed by atoms with Crippen LogP contribution < -0.4 is 0 Å². The van der Waals surface area contributed by atoms with Crippen LogP contribution in [-0.2, 0) is 13.5 Å². The summed E-state index contributed by atoms with van der Waals surface area (Å²) < 4.78 is 1.70. The fraction of sp³-hybridized carbons (Fsp3) is 0.417. The molecule has 0 bridgehead atoms. The number of carbonyl (C=O) groups is 1. The highest BCUT2D eigenvalue weighted by Crippen LogP contribution is 2.29. The average molecular weight is 265 g/mol. The Labute approximate surface area is 109 Å². The van der Waals surface area contributed by atoms with Crippen molar-refractivity contribution in [3.63, 3.8) is 0 Å². The lowest BCUT2D eigenvalue weighted by Gasteiger charge is -2.01. The van der Waals surface area contributed by atoms with Crippen LogP contribution in [-0.4, -0.2) is 25.8 Å². The van der Waals surface area contributed by atoms with Gasteiger partial charge in [-0.1, -0.05) is 13.8 Å². The molecule has 0 aliphatic carbocycles. The van der Waals surface area contributed by atoms with Crippen LogP contribution in [0.25, 0.3) is 10.7 Å². The maximum atomic E-state index is 11.2. The fourth-order valence-corrected chi connectivity index (χ4v) is 2.73. The van der Waals surface area contributed by atoms with E-state index in [4.69, 9.17) is 0 Å². The molecule has 0 aliphatic rings. The van der Waals surface area contributed by atoms with E-state index in [-0.39, 0.29) is 0 Å². The molecule has 0 aromatic carbocycles. The zero-order valence-electron chi connectivity index (χ0n) is 10.5. The van der Waals surface area contributed by atoms with E-state index in [0.29, 0.717) is 27.9 Å². The second-order valence-corrected chi connectivity index (χ2v) is 5.54. The third-order valence-electron chi connectivity index (χ3n) is 2.53. The van der Waals surface area contributed by atoms with Gasteiger partial charge in [-0.2, -0.15) is 5.10 Å². The Kier molecular flexibility index (Phi) is 3.47. The maximum Gasteiger partial charge on any atom is 0.347 e. The van der Waals surface area contributed by atoms with E-state index in [2.05, 4.69) is 23.9 Å². The van der Waals surface area contributed by atoms with Gasteiger partial charge in [-0.25, -0.2) is 9.78 Å². The lowest BCUT2D eigenvalue weighted by molar-refractivity contribution is 0.0700. The fourth-order valence-electron chi connectivity index (χ4n) is 1.74. The highest BCUT2D eigenvalue weighted by molar-refractivity contribution is 7.17. The van der Waals surface area contributed by atoms with Gasteiger partial charge in [-0.15, -0.1) is 11.3 Å². The molecule has 0 saturated carbocycles. The van der Waals surface area contributed by atoms with Gasteiger partial charge >= 0.3 is 5.97 Å². The molecule has 0 spiro atoms. The van der Waals surface area contributed by atoms with Crippen LogP contribution in [0.5, 0.6) is 0 Å². The van der Waals surface area contributed by atoms with Crippen molar-refractivity contribution < 1.29 is 9.90 Å². The van der Waals surface area contributed by atoms with Crippen molar-refractivity contribution >= 4 is 17.3 Å². The summed E-state index contributed by atoms with van der Waals surface area (Å²) in [5.41, 5.74) is 1.51. The molecular weight excluding hydrogens is 250 g/mol. The molecule has 2 heterocycles. The Morgan fingerprint density at radius 1 is 1.56 bits per heavy atom. The van der Waals surface area contributed by atoms with Gasteiger partial charge in [0.2, 0.25) is 0 Å². The number of hydrogen-bond donors (Lipinski definition) is 1. The lowest BCUT2D eigenvalue weighted by Crippen LogP contribution is -2.02. The Hall–Kier alpha value is -1.69. The SMILES string of the molecule is CC(C)Cc1nc(-c2ccnn2C)sc1C(=O)O. The van der Waals surface area contributed by atoms with Gasteiger partial charge < -0.3 is 5.11 Å². The molecule has 0 unspecified atom stereocenters. The molecule has 0 aliphatic heterocycles. The molecule has 5 nitrogen and oxygen atoms in total. The zero-order chi connectivity index (χ0) is 13.3. The quantitative estimate of drug-likeness (QED) is 0.922. The first kappa shape index (κ1) is 12.8. The molecule has 0 atom stereocenters. The molecule has 6 heteroatoms. The Balaban J connectivity index is 2.45. The van der Waals surface area contributed by atoms with Gasteiger partial charge in [0.15, 0.2) is 0 Å². The number of aromatic carboxylic acids is 1. The van der Waals surface area contributed by atoms with Crippen LogP contribution in [0.1, 0.15) is 29.2 Å². The topological polar surface area (TPSA) is 68.0 Å². The number of carboxylic acid groups (broad SMARTS) is 1. The van der Waals surface area contributed by atoms with E-state index in [1.54, 1.807) is 10.9 Å². The normalized spacial score (nSPS) is 11.1. The molecule has 0 fully saturated rings. The largest absolute Gasteiger partial charge is 0.477 e. The third-order valence-corrected chi connectivity index (χ3v) is 3.64. The molecule has 96 valence electrons. The predicted octanol–water partition coefficient (Wildman–Crippen LogP) is 2.44. The number of aromatic nitrogens is 3. The van der Waals surface area contributed by atoms with Gasteiger partial charge in [0, 0.05) is 13.2 Å². The molecule has 2 rings (SSSR count). The predicted molar refractivity (Wildman–Crippen MR) is 69.8 cm³/mol. The van der Waals surface area contributed by atoms with Crippen molar-refractivity contribution in [3.8, 4) is 10.7 Å². The average Bonchev–Trinajstić information content (AvgIpc) is 2.83. The third kappa shape index (κ3) is 2.43. The number of hydrogen-bond acceptors (Lipinski definition) is 4. The van der Waals surface area contributed by atoms with Crippen LogP contribution >= 0.6 is 11.3 Å². The Morgan fingerprint density at radius 2 is 2.28 bits per heavy atom. The molecule has 18 heavy (non-hydrogen) atoms. The van der Waals surface area contributed by atoms with Gasteiger partial charge in [0.25, 0.3) is 0 Å². The molecule has 2 aromatic rings. The minimum absolute atomic E-state index is 0.333. The van der Waals surface area contributed by atoms with Crippen molar-refractivity contribution in [2.75, 3.05) is 0 Å². The summed E-state index contributed by atoms with van der Waals surface area (Å²) in [5, 5.41) is 14.0. The summed E-state index contributed by atoms with van der Waals surface area (Å²) in [5.74, 6) is -0.527. The minimum atomic E-state index is -0.906. The van der Waals surface area contributed by atoms with Crippen molar-refractivity contribution in [2.24, 2.45) is 13.0 Å². The van der Waals surface area contributed by atoms with E-state index in [1.165, 1.54) is 11.3 Å². The highest BCUT2D eigenvalue weighted by Gasteiger charge is 2.19. The van der Waals surface area contributed by atoms with Gasteiger partial charge in [0.1, 0.15) is 9.88 Å². The van der Waals surface area contributed by atoms with Crippen molar-refractivity contribution in [1.29, 1.82) is 0 Å². The van der Waals surface area contributed by atoms with E-state index in [0.717, 1.165) is 5.69 Å². The molecule has 2 aromatic heterocycles.